The fourth-order valence-electron chi connectivity index (χ4n) is 2.63. The molecule has 1 aliphatic rings. The van der Waals surface area contributed by atoms with Crippen molar-refractivity contribution < 1.29 is 4.79 Å². The lowest BCUT2D eigenvalue weighted by Gasteiger charge is -2.17. The molecule has 1 aliphatic heterocycles. The minimum Gasteiger partial charge on any atom is -0.354 e. The average molecular weight is 292 g/mol. The van der Waals surface area contributed by atoms with Crippen LogP contribution in [0.4, 0.5) is 5.82 Å². The molecular weight excluding hydrogens is 276 g/mol. The minimum absolute atomic E-state index is 0.0975. The molecule has 0 spiro atoms. The fourth-order valence-corrected chi connectivity index (χ4v) is 2.63. The van der Waals surface area contributed by atoms with Gasteiger partial charge in [0, 0.05) is 30.9 Å². The number of nitrogens with one attached hydrogen (secondary N) is 1. The van der Waals surface area contributed by atoms with E-state index in [1.807, 2.05) is 24.3 Å². The van der Waals surface area contributed by atoms with Crippen LogP contribution in [0, 0.1) is 11.3 Å². The van der Waals surface area contributed by atoms with Crippen molar-refractivity contribution in [2.24, 2.45) is 0 Å². The zero-order valence-corrected chi connectivity index (χ0v) is 12.1. The molecule has 5 heteroatoms. The van der Waals surface area contributed by atoms with E-state index in [2.05, 4.69) is 15.2 Å². The Morgan fingerprint density at radius 3 is 3.00 bits per heavy atom. The van der Waals surface area contributed by atoms with Crippen molar-refractivity contribution in [3.63, 3.8) is 0 Å². The predicted molar refractivity (Wildman–Crippen MR) is 83.5 cm³/mol. The van der Waals surface area contributed by atoms with Crippen molar-refractivity contribution in [3.8, 4) is 6.07 Å². The molecule has 0 aliphatic carbocycles. The number of carbonyl (C=O) groups excluding carboxylic acids is 1. The molecule has 0 radical (unpaired) electrons. The van der Waals surface area contributed by atoms with Crippen molar-refractivity contribution in [1.82, 2.24) is 10.3 Å². The third-order valence-electron chi connectivity index (χ3n) is 3.75. The standard InChI is InChI=1S/C17H16N4O/c18-11-13-4-3-5-14(10-13)17(22)20-15-7-9-21(12-15)16-6-1-2-8-19-16/h1-6,8,10,15H,7,9,12H2,(H,20,22). The minimum atomic E-state index is -0.134. The van der Waals surface area contributed by atoms with Gasteiger partial charge in [0.05, 0.1) is 11.6 Å². The number of carbonyl (C=O) groups is 1. The second-order valence-electron chi connectivity index (χ2n) is 5.29. The summed E-state index contributed by atoms with van der Waals surface area (Å²) in [6.45, 7) is 1.63. The summed E-state index contributed by atoms with van der Waals surface area (Å²) in [5.41, 5.74) is 1.02. The van der Waals surface area contributed by atoms with E-state index in [9.17, 15) is 4.79 Å². The van der Waals surface area contributed by atoms with E-state index in [-0.39, 0.29) is 11.9 Å². The molecule has 0 saturated carbocycles. The molecule has 1 N–H and O–H groups in total. The van der Waals surface area contributed by atoms with E-state index >= 15 is 0 Å². The van der Waals surface area contributed by atoms with Crippen LogP contribution in [0.5, 0.6) is 0 Å². The summed E-state index contributed by atoms with van der Waals surface area (Å²) in [5, 5.41) is 11.9. The molecule has 1 atom stereocenters. The van der Waals surface area contributed by atoms with E-state index in [1.165, 1.54) is 0 Å². The van der Waals surface area contributed by atoms with Gasteiger partial charge in [0.2, 0.25) is 0 Å². The first-order chi connectivity index (χ1) is 10.8. The fraction of sp³-hybridized carbons (Fsp3) is 0.235. The van der Waals surface area contributed by atoms with E-state index < -0.39 is 0 Å². The SMILES string of the molecule is N#Cc1cccc(C(=O)NC2CCN(c3ccccn3)C2)c1. The van der Waals surface area contributed by atoms with Gasteiger partial charge in [0.25, 0.3) is 5.91 Å². The Labute approximate surface area is 129 Å². The molecule has 1 amide bonds. The topological polar surface area (TPSA) is 69.0 Å². The first-order valence-electron chi connectivity index (χ1n) is 7.23. The normalized spacial score (nSPS) is 17.0. The lowest BCUT2D eigenvalue weighted by molar-refractivity contribution is 0.0940. The molecule has 5 nitrogen and oxygen atoms in total. The van der Waals surface area contributed by atoms with Gasteiger partial charge in [-0.05, 0) is 36.8 Å². The molecule has 1 saturated heterocycles. The Morgan fingerprint density at radius 1 is 1.32 bits per heavy atom. The third kappa shape index (κ3) is 3.07. The molecule has 0 bridgehead atoms. The summed E-state index contributed by atoms with van der Waals surface area (Å²) >= 11 is 0. The highest BCUT2D eigenvalue weighted by Gasteiger charge is 2.25. The monoisotopic (exact) mass is 292 g/mol. The zero-order valence-electron chi connectivity index (χ0n) is 12.1. The molecule has 1 fully saturated rings. The van der Waals surface area contributed by atoms with E-state index in [0.29, 0.717) is 11.1 Å². The average Bonchev–Trinajstić information content (AvgIpc) is 3.04. The van der Waals surface area contributed by atoms with Gasteiger partial charge in [-0.25, -0.2) is 4.98 Å². The van der Waals surface area contributed by atoms with Gasteiger partial charge < -0.3 is 10.2 Å². The van der Waals surface area contributed by atoms with Crippen LogP contribution in [0.15, 0.2) is 48.7 Å². The first kappa shape index (κ1) is 14.1. The highest BCUT2D eigenvalue weighted by atomic mass is 16.1. The number of nitrogens with zero attached hydrogens (tertiary/aromatic N) is 3. The van der Waals surface area contributed by atoms with Crippen molar-refractivity contribution >= 4 is 11.7 Å². The number of anilines is 1. The maximum atomic E-state index is 12.3. The van der Waals surface area contributed by atoms with Crippen LogP contribution in [-0.4, -0.2) is 30.0 Å². The Bertz CT molecular complexity index is 708. The van der Waals surface area contributed by atoms with Crippen LogP contribution in [-0.2, 0) is 0 Å². The molecule has 1 unspecified atom stereocenters. The number of benzene rings is 1. The Balaban J connectivity index is 1.62. The molecule has 2 aromatic rings. The number of amides is 1. The molecule has 2 heterocycles. The van der Waals surface area contributed by atoms with Gasteiger partial charge in [-0.3, -0.25) is 4.79 Å². The molecule has 110 valence electrons. The lowest BCUT2D eigenvalue weighted by Crippen LogP contribution is -2.37. The number of pyridine rings is 1. The summed E-state index contributed by atoms with van der Waals surface area (Å²) in [5.74, 6) is 0.802. The Morgan fingerprint density at radius 2 is 2.23 bits per heavy atom. The van der Waals surface area contributed by atoms with Crippen LogP contribution >= 0.6 is 0 Å². The summed E-state index contributed by atoms with van der Waals surface area (Å²) < 4.78 is 0. The maximum Gasteiger partial charge on any atom is 0.251 e. The van der Waals surface area contributed by atoms with E-state index in [4.69, 9.17) is 5.26 Å². The summed E-state index contributed by atoms with van der Waals surface area (Å²) in [6.07, 6.45) is 2.66. The molecule has 22 heavy (non-hydrogen) atoms. The van der Waals surface area contributed by atoms with Gasteiger partial charge >= 0.3 is 0 Å². The smallest absolute Gasteiger partial charge is 0.251 e. The summed E-state index contributed by atoms with van der Waals surface area (Å²) in [4.78, 5) is 18.8. The summed E-state index contributed by atoms with van der Waals surface area (Å²) in [6, 6.07) is 14.7. The van der Waals surface area contributed by atoms with Crippen LogP contribution in [0.1, 0.15) is 22.3 Å². The number of rotatable bonds is 3. The largest absolute Gasteiger partial charge is 0.354 e. The van der Waals surface area contributed by atoms with Gasteiger partial charge in [-0.1, -0.05) is 12.1 Å². The van der Waals surface area contributed by atoms with Crippen molar-refractivity contribution in [2.45, 2.75) is 12.5 Å². The first-order valence-corrected chi connectivity index (χ1v) is 7.23. The van der Waals surface area contributed by atoms with Crippen LogP contribution in [0.2, 0.25) is 0 Å². The van der Waals surface area contributed by atoms with Gasteiger partial charge in [-0.15, -0.1) is 0 Å². The quantitative estimate of drug-likeness (QED) is 0.939. The van der Waals surface area contributed by atoms with Crippen LogP contribution in [0.3, 0.4) is 0 Å². The van der Waals surface area contributed by atoms with Crippen LogP contribution < -0.4 is 10.2 Å². The van der Waals surface area contributed by atoms with Gasteiger partial charge in [0.1, 0.15) is 5.82 Å². The second kappa shape index (κ2) is 6.27. The molecule has 1 aromatic heterocycles. The van der Waals surface area contributed by atoms with Crippen molar-refractivity contribution in [1.29, 1.82) is 5.26 Å². The molecule has 3 rings (SSSR count). The third-order valence-corrected chi connectivity index (χ3v) is 3.75. The number of hydrogen-bond acceptors (Lipinski definition) is 4. The number of nitriles is 1. The number of hydrogen-bond donors (Lipinski definition) is 1. The Hall–Kier alpha value is -2.87. The lowest BCUT2D eigenvalue weighted by atomic mass is 10.1. The van der Waals surface area contributed by atoms with Crippen molar-refractivity contribution in [3.05, 3.63) is 59.8 Å². The van der Waals surface area contributed by atoms with Gasteiger partial charge in [-0.2, -0.15) is 5.26 Å². The Kier molecular flexibility index (Phi) is 4.01. The predicted octanol–water partition coefficient (Wildman–Crippen LogP) is 1.96. The van der Waals surface area contributed by atoms with Crippen molar-refractivity contribution in [2.75, 3.05) is 18.0 Å². The summed E-state index contributed by atoms with van der Waals surface area (Å²) in [7, 11) is 0. The van der Waals surface area contributed by atoms with E-state index in [1.54, 1.807) is 30.5 Å². The van der Waals surface area contributed by atoms with Gasteiger partial charge in [0.15, 0.2) is 0 Å². The maximum absolute atomic E-state index is 12.3. The highest BCUT2D eigenvalue weighted by Crippen LogP contribution is 2.17. The molecular formula is C17H16N4O. The highest BCUT2D eigenvalue weighted by molar-refractivity contribution is 5.94. The number of aromatic nitrogens is 1. The van der Waals surface area contributed by atoms with Crippen LogP contribution in [0.25, 0.3) is 0 Å². The second-order valence-corrected chi connectivity index (χ2v) is 5.29. The van der Waals surface area contributed by atoms with E-state index in [0.717, 1.165) is 25.3 Å². The molecule has 1 aromatic carbocycles. The zero-order chi connectivity index (χ0) is 15.4.